The summed E-state index contributed by atoms with van der Waals surface area (Å²) in [7, 11) is 0. The first-order valence-corrected chi connectivity index (χ1v) is 6.11. The number of H-pyrrole nitrogens is 1. The van der Waals surface area contributed by atoms with E-state index in [1.165, 1.54) is 6.21 Å². The summed E-state index contributed by atoms with van der Waals surface area (Å²) in [6.07, 6.45) is 4.94. The fourth-order valence-electron chi connectivity index (χ4n) is 1.57. The largest absolute Gasteiger partial charge is 0.489 e. The van der Waals surface area contributed by atoms with Crippen LogP contribution in [0.5, 0.6) is 5.75 Å². The Morgan fingerprint density at radius 1 is 1.35 bits per heavy atom. The average molecular weight is 269 g/mol. The van der Waals surface area contributed by atoms with Crippen molar-refractivity contribution in [1.29, 1.82) is 0 Å². The highest BCUT2D eigenvalue weighted by Gasteiger charge is 2.10. The number of carbonyl (C=O) groups is 1. The number of hydrazone groups is 1. The third-order valence-corrected chi connectivity index (χ3v) is 2.48. The van der Waals surface area contributed by atoms with Crippen LogP contribution >= 0.6 is 0 Å². The van der Waals surface area contributed by atoms with E-state index >= 15 is 0 Å². The predicted molar refractivity (Wildman–Crippen MR) is 78.0 cm³/mol. The molecule has 0 saturated carbocycles. The minimum absolute atomic E-state index is 0.326. The molecule has 0 unspecified atom stereocenters. The van der Waals surface area contributed by atoms with Gasteiger partial charge < -0.3 is 9.72 Å². The molecule has 0 spiro atoms. The van der Waals surface area contributed by atoms with E-state index in [-0.39, 0.29) is 5.91 Å². The van der Waals surface area contributed by atoms with E-state index < -0.39 is 0 Å². The standard InChI is InChI=1S/C15H15N3O2/c1-2-10-20-14-8-4-3-7-13(14)15(19)18-17-11-12-6-5-9-16-12/h2-9,11,16H,1,10H2,(H,18,19). The lowest BCUT2D eigenvalue weighted by Gasteiger charge is -2.08. The quantitative estimate of drug-likeness (QED) is 0.480. The molecule has 1 aromatic carbocycles. The summed E-state index contributed by atoms with van der Waals surface area (Å²) in [5.41, 5.74) is 3.69. The zero-order chi connectivity index (χ0) is 14.2. The van der Waals surface area contributed by atoms with Gasteiger partial charge in [-0.1, -0.05) is 24.8 Å². The number of ether oxygens (including phenoxy) is 1. The summed E-state index contributed by atoms with van der Waals surface area (Å²) >= 11 is 0. The van der Waals surface area contributed by atoms with Gasteiger partial charge in [-0.2, -0.15) is 5.10 Å². The number of amides is 1. The van der Waals surface area contributed by atoms with Gasteiger partial charge in [-0.25, -0.2) is 5.43 Å². The van der Waals surface area contributed by atoms with Crippen molar-refractivity contribution in [2.24, 2.45) is 5.10 Å². The van der Waals surface area contributed by atoms with Gasteiger partial charge in [0.1, 0.15) is 12.4 Å². The Bertz CT molecular complexity index is 603. The van der Waals surface area contributed by atoms with Crippen molar-refractivity contribution in [1.82, 2.24) is 10.4 Å². The lowest BCUT2D eigenvalue weighted by atomic mass is 10.2. The smallest absolute Gasteiger partial charge is 0.275 e. The number of carbonyl (C=O) groups excluding carboxylic acids is 1. The van der Waals surface area contributed by atoms with Crippen LogP contribution in [0.2, 0.25) is 0 Å². The molecule has 2 rings (SSSR count). The molecule has 0 bridgehead atoms. The molecular weight excluding hydrogens is 254 g/mol. The SMILES string of the molecule is C=CCOc1ccccc1C(=O)NN=Cc1ccc[nH]1. The van der Waals surface area contributed by atoms with Crippen molar-refractivity contribution in [3.05, 3.63) is 66.5 Å². The number of aromatic nitrogens is 1. The number of nitrogens with zero attached hydrogens (tertiary/aromatic N) is 1. The summed E-state index contributed by atoms with van der Waals surface area (Å²) < 4.78 is 5.42. The van der Waals surface area contributed by atoms with Crippen LogP contribution in [0.25, 0.3) is 0 Å². The fourth-order valence-corrected chi connectivity index (χ4v) is 1.57. The lowest BCUT2D eigenvalue weighted by molar-refractivity contribution is 0.0951. The fraction of sp³-hybridized carbons (Fsp3) is 0.0667. The molecule has 0 saturated heterocycles. The normalized spacial score (nSPS) is 10.4. The second-order valence-electron chi connectivity index (χ2n) is 3.92. The van der Waals surface area contributed by atoms with Crippen LogP contribution in [0.3, 0.4) is 0 Å². The summed E-state index contributed by atoms with van der Waals surface area (Å²) in [6.45, 7) is 3.92. The second-order valence-corrected chi connectivity index (χ2v) is 3.92. The minimum Gasteiger partial charge on any atom is -0.489 e. The van der Waals surface area contributed by atoms with E-state index in [4.69, 9.17) is 4.74 Å². The highest BCUT2D eigenvalue weighted by molar-refractivity contribution is 5.97. The van der Waals surface area contributed by atoms with Crippen LogP contribution in [0, 0.1) is 0 Å². The molecule has 0 atom stereocenters. The highest BCUT2D eigenvalue weighted by atomic mass is 16.5. The molecule has 2 N–H and O–H groups in total. The van der Waals surface area contributed by atoms with Crippen molar-refractivity contribution < 1.29 is 9.53 Å². The van der Waals surface area contributed by atoms with Gasteiger partial charge in [0, 0.05) is 6.20 Å². The zero-order valence-corrected chi connectivity index (χ0v) is 10.9. The maximum atomic E-state index is 12.0. The number of hydrogen-bond acceptors (Lipinski definition) is 3. The maximum Gasteiger partial charge on any atom is 0.275 e. The summed E-state index contributed by atoms with van der Waals surface area (Å²) in [5, 5.41) is 3.88. The van der Waals surface area contributed by atoms with Gasteiger partial charge in [0.25, 0.3) is 5.91 Å². The maximum absolute atomic E-state index is 12.0. The molecule has 0 aliphatic heterocycles. The van der Waals surface area contributed by atoms with E-state index in [9.17, 15) is 4.79 Å². The average Bonchev–Trinajstić information content (AvgIpc) is 2.98. The topological polar surface area (TPSA) is 66.5 Å². The molecule has 0 fully saturated rings. The Morgan fingerprint density at radius 3 is 2.95 bits per heavy atom. The monoisotopic (exact) mass is 269 g/mol. The van der Waals surface area contributed by atoms with Crippen LogP contribution < -0.4 is 10.2 Å². The van der Waals surface area contributed by atoms with Gasteiger partial charge in [-0.3, -0.25) is 4.79 Å². The summed E-state index contributed by atoms with van der Waals surface area (Å²) in [6, 6.07) is 10.7. The molecule has 20 heavy (non-hydrogen) atoms. The molecule has 2 aromatic rings. The van der Waals surface area contributed by atoms with Gasteiger partial charge in [0.05, 0.1) is 17.5 Å². The summed E-state index contributed by atoms with van der Waals surface area (Å²) in [4.78, 5) is 15.0. The molecule has 102 valence electrons. The molecule has 0 aliphatic carbocycles. The second kappa shape index (κ2) is 6.94. The Kier molecular flexibility index (Phi) is 4.72. The predicted octanol–water partition coefficient (Wildman–Crippen LogP) is 2.34. The molecular formula is C15H15N3O2. The minimum atomic E-state index is -0.326. The number of rotatable bonds is 6. The van der Waals surface area contributed by atoms with Gasteiger partial charge in [-0.05, 0) is 24.3 Å². The molecule has 1 heterocycles. The van der Waals surface area contributed by atoms with Crippen molar-refractivity contribution in [2.75, 3.05) is 6.61 Å². The van der Waals surface area contributed by atoms with Gasteiger partial charge in [0.2, 0.25) is 0 Å². The number of nitrogens with one attached hydrogen (secondary N) is 2. The molecule has 1 amide bonds. The Hall–Kier alpha value is -2.82. The highest BCUT2D eigenvalue weighted by Crippen LogP contribution is 2.17. The van der Waals surface area contributed by atoms with Crippen LogP contribution in [0.15, 0.2) is 60.4 Å². The van der Waals surface area contributed by atoms with E-state index in [1.807, 2.05) is 12.1 Å². The van der Waals surface area contributed by atoms with Crippen LogP contribution in [0.4, 0.5) is 0 Å². The van der Waals surface area contributed by atoms with Crippen LogP contribution in [-0.2, 0) is 0 Å². The first-order valence-electron chi connectivity index (χ1n) is 6.11. The zero-order valence-electron chi connectivity index (χ0n) is 10.9. The first kappa shape index (κ1) is 13.6. The molecule has 1 aromatic heterocycles. The Morgan fingerprint density at radius 2 is 2.20 bits per heavy atom. The van der Waals surface area contributed by atoms with Crippen LogP contribution in [-0.4, -0.2) is 23.7 Å². The Balaban J connectivity index is 2.03. The van der Waals surface area contributed by atoms with E-state index in [0.29, 0.717) is 17.9 Å². The lowest BCUT2D eigenvalue weighted by Crippen LogP contribution is -2.18. The number of benzene rings is 1. The third-order valence-electron chi connectivity index (χ3n) is 2.48. The van der Waals surface area contributed by atoms with E-state index in [2.05, 4.69) is 22.1 Å². The number of hydrogen-bond donors (Lipinski definition) is 2. The van der Waals surface area contributed by atoms with Gasteiger partial charge in [0.15, 0.2) is 0 Å². The molecule has 5 nitrogen and oxygen atoms in total. The van der Waals surface area contributed by atoms with Crippen molar-refractivity contribution in [2.45, 2.75) is 0 Å². The van der Waals surface area contributed by atoms with Crippen molar-refractivity contribution in [3.8, 4) is 5.75 Å². The van der Waals surface area contributed by atoms with E-state index in [0.717, 1.165) is 5.69 Å². The first-order chi connectivity index (χ1) is 9.81. The van der Waals surface area contributed by atoms with E-state index in [1.54, 1.807) is 36.5 Å². The third kappa shape index (κ3) is 3.58. The Labute approximate surface area is 117 Å². The van der Waals surface area contributed by atoms with Gasteiger partial charge in [-0.15, -0.1) is 0 Å². The molecule has 0 radical (unpaired) electrons. The summed E-state index contributed by atoms with van der Waals surface area (Å²) in [5.74, 6) is 0.174. The van der Waals surface area contributed by atoms with Gasteiger partial charge >= 0.3 is 0 Å². The number of para-hydroxylation sites is 1. The van der Waals surface area contributed by atoms with Crippen molar-refractivity contribution >= 4 is 12.1 Å². The molecule has 0 aliphatic rings. The van der Waals surface area contributed by atoms with Crippen molar-refractivity contribution in [3.63, 3.8) is 0 Å². The van der Waals surface area contributed by atoms with Crippen LogP contribution in [0.1, 0.15) is 16.1 Å². The molecule has 5 heteroatoms. The number of aromatic amines is 1.